The third-order valence-electron chi connectivity index (χ3n) is 3.61. The standard InChI is InChI=1S/C16H7F3N2O3S/c17-16(18,19)8-1-2-11-10(4-8)13-7(6-20-11)3-9(24-13)5-12-14(22)21-15(23)25-12/h1-6H,(H,21,22,23)/b12-5-. The highest BCUT2D eigenvalue weighted by Crippen LogP contribution is 2.35. The van der Waals surface area contributed by atoms with Crippen molar-refractivity contribution in [2.75, 3.05) is 0 Å². The molecule has 5 nitrogen and oxygen atoms in total. The fraction of sp³-hybridized carbons (Fsp3) is 0.0625. The molecule has 2 aromatic heterocycles. The van der Waals surface area contributed by atoms with E-state index in [9.17, 15) is 22.8 Å². The van der Waals surface area contributed by atoms with E-state index in [-0.39, 0.29) is 21.6 Å². The zero-order valence-electron chi connectivity index (χ0n) is 12.2. The Bertz CT molecular complexity index is 1090. The Morgan fingerprint density at radius 3 is 2.68 bits per heavy atom. The quantitative estimate of drug-likeness (QED) is 0.651. The maximum absolute atomic E-state index is 12.9. The molecule has 1 aliphatic heterocycles. The monoisotopic (exact) mass is 364 g/mol. The summed E-state index contributed by atoms with van der Waals surface area (Å²) in [5.41, 5.74) is -0.211. The number of furan rings is 1. The molecule has 1 saturated heterocycles. The molecule has 3 heterocycles. The summed E-state index contributed by atoms with van der Waals surface area (Å²) in [6, 6.07) is 4.76. The molecule has 0 atom stereocenters. The first-order chi connectivity index (χ1) is 11.8. The van der Waals surface area contributed by atoms with Gasteiger partial charge in [-0.2, -0.15) is 13.2 Å². The lowest BCUT2D eigenvalue weighted by Crippen LogP contribution is -2.17. The second kappa shape index (κ2) is 5.35. The predicted molar refractivity (Wildman–Crippen MR) is 85.6 cm³/mol. The number of aromatic nitrogens is 1. The minimum absolute atomic E-state index is 0.150. The summed E-state index contributed by atoms with van der Waals surface area (Å²) < 4.78 is 44.4. The van der Waals surface area contributed by atoms with Gasteiger partial charge in [-0.1, -0.05) is 0 Å². The van der Waals surface area contributed by atoms with Gasteiger partial charge >= 0.3 is 6.18 Å². The van der Waals surface area contributed by atoms with Crippen molar-refractivity contribution in [2.45, 2.75) is 6.18 Å². The Morgan fingerprint density at radius 1 is 1.20 bits per heavy atom. The maximum Gasteiger partial charge on any atom is 0.416 e. The number of carbonyl (C=O) groups is 2. The summed E-state index contributed by atoms with van der Waals surface area (Å²) >= 11 is 0.725. The van der Waals surface area contributed by atoms with Crippen molar-refractivity contribution in [3.05, 3.63) is 46.7 Å². The number of alkyl halides is 3. The molecule has 126 valence electrons. The lowest BCUT2D eigenvalue weighted by atomic mass is 10.1. The summed E-state index contributed by atoms with van der Waals surface area (Å²) in [6.07, 6.45) is -1.64. The van der Waals surface area contributed by atoms with E-state index in [1.165, 1.54) is 18.3 Å². The predicted octanol–water partition coefficient (Wildman–Crippen LogP) is 4.32. The van der Waals surface area contributed by atoms with Gasteiger partial charge in [0.2, 0.25) is 0 Å². The average Bonchev–Trinajstić information content (AvgIpc) is 3.09. The third kappa shape index (κ3) is 2.76. The third-order valence-corrected chi connectivity index (χ3v) is 4.42. The second-order valence-electron chi connectivity index (χ2n) is 5.27. The molecular weight excluding hydrogens is 357 g/mol. The number of benzene rings is 1. The van der Waals surface area contributed by atoms with Crippen molar-refractivity contribution in [1.29, 1.82) is 0 Å². The molecule has 3 aromatic rings. The Balaban J connectivity index is 1.87. The molecule has 2 amide bonds. The number of hydrogen-bond acceptors (Lipinski definition) is 5. The average molecular weight is 364 g/mol. The molecule has 1 aromatic carbocycles. The van der Waals surface area contributed by atoms with Crippen LogP contribution in [0.5, 0.6) is 0 Å². The van der Waals surface area contributed by atoms with Crippen LogP contribution in [0.1, 0.15) is 11.3 Å². The summed E-state index contributed by atoms with van der Waals surface area (Å²) in [5, 5.41) is 2.33. The van der Waals surface area contributed by atoms with Crippen LogP contribution in [0.3, 0.4) is 0 Å². The van der Waals surface area contributed by atoms with Crippen molar-refractivity contribution >= 4 is 50.9 Å². The zero-order valence-corrected chi connectivity index (χ0v) is 13.0. The Labute approximate surface area is 141 Å². The van der Waals surface area contributed by atoms with Crippen LogP contribution < -0.4 is 5.32 Å². The Kier molecular flexibility index (Phi) is 3.36. The van der Waals surface area contributed by atoms with Gasteiger partial charge in [-0.3, -0.25) is 19.9 Å². The molecule has 25 heavy (non-hydrogen) atoms. The lowest BCUT2D eigenvalue weighted by molar-refractivity contribution is -0.137. The number of pyridine rings is 1. The van der Waals surface area contributed by atoms with E-state index in [1.54, 1.807) is 6.07 Å². The van der Waals surface area contributed by atoms with Crippen LogP contribution in [-0.2, 0) is 11.0 Å². The summed E-state index contributed by atoms with van der Waals surface area (Å²) in [5.74, 6) is -0.299. The van der Waals surface area contributed by atoms with Crippen LogP contribution in [0.15, 0.2) is 39.8 Å². The van der Waals surface area contributed by atoms with E-state index in [1.807, 2.05) is 0 Å². The van der Waals surface area contributed by atoms with Gasteiger partial charge in [-0.25, -0.2) is 0 Å². The minimum atomic E-state index is -4.48. The molecule has 0 unspecified atom stereocenters. The fourth-order valence-electron chi connectivity index (χ4n) is 2.50. The molecule has 9 heteroatoms. The van der Waals surface area contributed by atoms with Gasteiger partial charge in [0.15, 0.2) is 0 Å². The number of nitrogens with zero attached hydrogens (tertiary/aromatic N) is 1. The van der Waals surface area contributed by atoms with Gasteiger partial charge in [0.25, 0.3) is 11.1 Å². The first kappa shape index (κ1) is 15.7. The van der Waals surface area contributed by atoms with E-state index in [0.29, 0.717) is 10.9 Å². The van der Waals surface area contributed by atoms with Gasteiger partial charge < -0.3 is 4.42 Å². The van der Waals surface area contributed by atoms with E-state index in [4.69, 9.17) is 4.42 Å². The number of nitrogens with one attached hydrogen (secondary N) is 1. The van der Waals surface area contributed by atoms with Crippen molar-refractivity contribution in [3.63, 3.8) is 0 Å². The second-order valence-corrected chi connectivity index (χ2v) is 6.29. The van der Waals surface area contributed by atoms with Crippen LogP contribution in [0.25, 0.3) is 27.9 Å². The first-order valence-electron chi connectivity index (χ1n) is 6.95. The van der Waals surface area contributed by atoms with Crippen molar-refractivity contribution in [2.24, 2.45) is 0 Å². The number of fused-ring (bicyclic) bond motifs is 3. The molecule has 1 fully saturated rings. The molecule has 0 bridgehead atoms. The van der Waals surface area contributed by atoms with Crippen LogP contribution in [0, 0.1) is 0 Å². The molecule has 1 aliphatic rings. The molecule has 4 rings (SSSR count). The molecule has 0 spiro atoms. The largest absolute Gasteiger partial charge is 0.456 e. The van der Waals surface area contributed by atoms with Gasteiger partial charge in [-0.05, 0) is 36.0 Å². The number of hydrogen-bond donors (Lipinski definition) is 1. The summed E-state index contributed by atoms with van der Waals surface area (Å²) in [6.45, 7) is 0. The van der Waals surface area contributed by atoms with Crippen LogP contribution in [0.4, 0.5) is 18.0 Å². The lowest BCUT2D eigenvalue weighted by Gasteiger charge is -2.07. The SMILES string of the molecule is O=C1NC(=O)/C(=C/c2cc3cnc4ccc(C(F)(F)F)cc4c3o2)S1. The highest BCUT2D eigenvalue weighted by molar-refractivity contribution is 8.18. The molecule has 0 aliphatic carbocycles. The molecular formula is C16H7F3N2O3S. The van der Waals surface area contributed by atoms with Gasteiger partial charge in [-0.15, -0.1) is 0 Å². The van der Waals surface area contributed by atoms with Gasteiger partial charge in [0, 0.05) is 23.0 Å². The van der Waals surface area contributed by atoms with E-state index < -0.39 is 22.9 Å². The fourth-order valence-corrected chi connectivity index (χ4v) is 3.16. The van der Waals surface area contributed by atoms with E-state index in [2.05, 4.69) is 10.3 Å². The number of rotatable bonds is 1. The van der Waals surface area contributed by atoms with E-state index in [0.717, 1.165) is 23.9 Å². The maximum atomic E-state index is 12.9. The Hall–Kier alpha value is -2.81. The molecule has 0 radical (unpaired) electrons. The zero-order chi connectivity index (χ0) is 17.8. The normalized spacial score (nSPS) is 17.0. The number of amides is 2. The number of carbonyl (C=O) groups excluding carboxylic acids is 2. The minimum Gasteiger partial charge on any atom is -0.456 e. The van der Waals surface area contributed by atoms with Crippen molar-refractivity contribution < 1.29 is 27.2 Å². The van der Waals surface area contributed by atoms with Crippen LogP contribution in [0.2, 0.25) is 0 Å². The van der Waals surface area contributed by atoms with Crippen LogP contribution in [-0.4, -0.2) is 16.1 Å². The highest BCUT2D eigenvalue weighted by atomic mass is 32.2. The highest BCUT2D eigenvalue weighted by Gasteiger charge is 2.31. The first-order valence-corrected chi connectivity index (χ1v) is 7.77. The van der Waals surface area contributed by atoms with Gasteiger partial charge in [0.1, 0.15) is 11.3 Å². The summed E-state index contributed by atoms with van der Waals surface area (Å²) in [7, 11) is 0. The number of halogens is 3. The number of imide groups is 1. The van der Waals surface area contributed by atoms with E-state index >= 15 is 0 Å². The number of thioether (sulfide) groups is 1. The summed E-state index contributed by atoms with van der Waals surface area (Å²) in [4.78, 5) is 27.0. The molecule has 0 saturated carbocycles. The Morgan fingerprint density at radius 2 is 2.00 bits per heavy atom. The van der Waals surface area contributed by atoms with Crippen molar-refractivity contribution in [3.8, 4) is 0 Å². The smallest absolute Gasteiger partial charge is 0.416 e. The van der Waals surface area contributed by atoms with Crippen molar-refractivity contribution in [1.82, 2.24) is 10.3 Å². The van der Waals surface area contributed by atoms with Crippen LogP contribution >= 0.6 is 11.8 Å². The topological polar surface area (TPSA) is 72.2 Å². The molecule has 1 N–H and O–H groups in total. The van der Waals surface area contributed by atoms with Gasteiger partial charge in [0.05, 0.1) is 16.0 Å².